The largest absolute Gasteiger partial charge is 0.493 e. The Morgan fingerprint density at radius 3 is 2.35 bits per heavy atom. The van der Waals surface area contributed by atoms with Crippen LogP contribution >= 0.6 is 0 Å². The molecule has 0 spiro atoms. The van der Waals surface area contributed by atoms with Crippen molar-refractivity contribution in [2.75, 3.05) is 14.2 Å². The number of hydrogen-bond acceptors (Lipinski definition) is 5. The van der Waals surface area contributed by atoms with E-state index in [1.807, 2.05) is 0 Å². The number of aryl methyl sites for hydroxylation is 2. The van der Waals surface area contributed by atoms with Gasteiger partial charge in [0.05, 0.1) is 25.6 Å². The molecule has 5 heteroatoms. The van der Waals surface area contributed by atoms with Crippen LogP contribution in [-0.2, 0) is 0 Å². The summed E-state index contributed by atoms with van der Waals surface area (Å²) in [4.78, 5) is 12.5. The molecule has 20 heavy (non-hydrogen) atoms. The van der Waals surface area contributed by atoms with Crippen molar-refractivity contribution in [2.24, 2.45) is 0 Å². The van der Waals surface area contributed by atoms with Crippen molar-refractivity contribution in [2.45, 2.75) is 13.8 Å². The lowest BCUT2D eigenvalue weighted by Crippen LogP contribution is -2.07. The molecule has 1 aromatic heterocycles. The van der Waals surface area contributed by atoms with Crippen molar-refractivity contribution in [3.63, 3.8) is 0 Å². The standard InChI is InChI=1S/C15H16N2O3/c1-9-7-12(10(2)17-16-9)15(18)11-5-6-13(19-3)14(8-11)20-4/h5-8H,1-4H3. The minimum atomic E-state index is -0.110. The summed E-state index contributed by atoms with van der Waals surface area (Å²) in [5.41, 5.74) is 2.39. The van der Waals surface area contributed by atoms with E-state index in [1.165, 1.54) is 7.11 Å². The summed E-state index contributed by atoms with van der Waals surface area (Å²) in [5, 5.41) is 7.90. The molecule has 0 atom stereocenters. The molecular weight excluding hydrogens is 256 g/mol. The van der Waals surface area contributed by atoms with Gasteiger partial charge in [-0.1, -0.05) is 0 Å². The van der Waals surface area contributed by atoms with Crippen LogP contribution in [0.4, 0.5) is 0 Å². The average molecular weight is 272 g/mol. The highest BCUT2D eigenvalue weighted by atomic mass is 16.5. The first-order valence-corrected chi connectivity index (χ1v) is 6.14. The third-order valence-corrected chi connectivity index (χ3v) is 2.99. The molecule has 0 unspecified atom stereocenters. The quantitative estimate of drug-likeness (QED) is 0.799. The summed E-state index contributed by atoms with van der Waals surface area (Å²) in [6.45, 7) is 3.57. The van der Waals surface area contributed by atoms with Gasteiger partial charge in [-0.15, -0.1) is 0 Å². The fraction of sp³-hybridized carbons (Fsp3) is 0.267. The predicted octanol–water partition coefficient (Wildman–Crippen LogP) is 2.34. The van der Waals surface area contributed by atoms with E-state index < -0.39 is 0 Å². The smallest absolute Gasteiger partial charge is 0.195 e. The van der Waals surface area contributed by atoms with E-state index in [0.29, 0.717) is 34.0 Å². The Bertz CT molecular complexity index is 654. The molecule has 0 amide bonds. The number of carbonyl (C=O) groups is 1. The summed E-state index contributed by atoms with van der Waals surface area (Å²) >= 11 is 0. The highest BCUT2D eigenvalue weighted by Gasteiger charge is 2.16. The van der Waals surface area contributed by atoms with Crippen LogP contribution in [0.25, 0.3) is 0 Å². The molecule has 2 aromatic rings. The van der Waals surface area contributed by atoms with Crippen molar-refractivity contribution in [3.05, 3.63) is 46.8 Å². The van der Waals surface area contributed by atoms with E-state index in [9.17, 15) is 4.79 Å². The maximum absolute atomic E-state index is 12.5. The molecule has 104 valence electrons. The number of aromatic nitrogens is 2. The van der Waals surface area contributed by atoms with Crippen LogP contribution in [0, 0.1) is 13.8 Å². The van der Waals surface area contributed by atoms with E-state index in [4.69, 9.17) is 9.47 Å². The van der Waals surface area contributed by atoms with E-state index in [2.05, 4.69) is 10.2 Å². The van der Waals surface area contributed by atoms with E-state index in [-0.39, 0.29) is 5.78 Å². The normalized spacial score (nSPS) is 10.2. The second-order valence-electron chi connectivity index (χ2n) is 4.38. The lowest BCUT2D eigenvalue weighted by Gasteiger charge is -2.10. The lowest BCUT2D eigenvalue weighted by molar-refractivity contribution is 0.103. The monoisotopic (exact) mass is 272 g/mol. The highest BCUT2D eigenvalue weighted by molar-refractivity contribution is 6.10. The number of methoxy groups -OCH3 is 2. The van der Waals surface area contributed by atoms with Crippen molar-refractivity contribution in [3.8, 4) is 11.5 Å². The molecule has 2 rings (SSSR count). The summed E-state index contributed by atoms with van der Waals surface area (Å²) in [6.07, 6.45) is 0. The van der Waals surface area contributed by atoms with Gasteiger partial charge in [-0.3, -0.25) is 4.79 Å². The van der Waals surface area contributed by atoms with Crippen LogP contribution in [0.2, 0.25) is 0 Å². The zero-order chi connectivity index (χ0) is 14.7. The molecule has 0 fully saturated rings. The Labute approximate surface area is 117 Å². The average Bonchev–Trinajstić information content (AvgIpc) is 2.48. The Hall–Kier alpha value is -2.43. The minimum Gasteiger partial charge on any atom is -0.493 e. The van der Waals surface area contributed by atoms with Gasteiger partial charge >= 0.3 is 0 Å². The molecule has 0 saturated heterocycles. The third-order valence-electron chi connectivity index (χ3n) is 2.99. The Morgan fingerprint density at radius 1 is 1.00 bits per heavy atom. The van der Waals surface area contributed by atoms with E-state index in [0.717, 1.165) is 0 Å². The number of hydrogen-bond donors (Lipinski definition) is 0. The number of ketones is 1. The van der Waals surface area contributed by atoms with Crippen LogP contribution < -0.4 is 9.47 Å². The molecule has 0 bridgehead atoms. The Balaban J connectivity index is 2.45. The topological polar surface area (TPSA) is 61.3 Å². The van der Waals surface area contributed by atoms with Gasteiger partial charge in [0.1, 0.15) is 0 Å². The summed E-state index contributed by atoms with van der Waals surface area (Å²) in [5.74, 6) is 1.00. The highest BCUT2D eigenvalue weighted by Crippen LogP contribution is 2.28. The van der Waals surface area contributed by atoms with Gasteiger partial charge in [-0.25, -0.2) is 0 Å². The summed E-state index contributed by atoms with van der Waals surface area (Å²) in [6, 6.07) is 6.82. The molecular formula is C15H16N2O3. The number of ether oxygens (including phenoxy) is 2. The number of rotatable bonds is 4. The first-order chi connectivity index (χ1) is 9.56. The molecule has 0 aliphatic rings. The minimum absolute atomic E-state index is 0.110. The van der Waals surface area contributed by atoms with Crippen LogP contribution in [0.15, 0.2) is 24.3 Å². The van der Waals surface area contributed by atoms with Gasteiger partial charge in [0, 0.05) is 11.1 Å². The molecule has 1 aromatic carbocycles. The fourth-order valence-corrected chi connectivity index (χ4v) is 1.91. The van der Waals surface area contributed by atoms with Gasteiger partial charge in [-0.2, -0.15) is 10.2 Å². The van der Waals surface area contributed by atoms with Crippen LogP contribution in [0.5, 0.6) is 11.5 Å². The van der Waals surface area contributed by atoms with Gasteiger partial charge in [-0.05, 0) is 38.1 Å². The third kappa shape index (κ3) is 2.61. The number of benzene rings is 1. The van der Waals surface area contributed by atoms with Crippen molar-refractivity contribution >= 4 is 5.78 Å². The van der Waals surface area contributed by atoms with Crippen molar-refractivity contribution in [1.29, 1.82) is 0 Å². The van der Waals surface area contributed by atoms with Gasteiger partial charge in [0.15, 0.2) is 17.3 Å². The molecule has 0 N–H and O–H groups in total. The van der Waals surface area contributed by atoms with Crippen LogP contribution in [0.3, 0.4) is 0 Å². The second kappa shape index (κ2) is 5.69. The maximum Gasteiger partial charge on any atom is 0.195 e. The summed E-state index contributed by atoms with van der Waals surface area (Å²) < 4.78 is 10.4. The van der Waals surface area contributed by atoms with Gasteiger partial charge in [0.25, 0.3) is 0 Å². The molecule has 0 saturated carbocycles. The predicted molar refractivity (Wildman–Crippen MR) is 74.5 cm³/mol. The van der Waals surface area contributed by atoms with Crippen molar-refractivity contribution < 1.29 is 14.3 Å². The maximum atomic E-state index is 12.5. The molecule has 0 radical (unpaired) electrons. The zero-order valence-electron chi connectivity index (χ0n) is 11.9. The zero-order valence-corrected chi connectivity index (χ0v) is 11.9. The molecule has 0 aliphatic heterocycles. The SMILES string of the molecule is COc1ccc(C(=O)c2cc(C)nnc2C)cc1OC. The molecule has 1 heterocycles. The van der Waals surface area contributed by atoms with E-state index in [1.54, 1.807) is 45.2 Å². The number of carbonyl (C=O) groups excluding carboxylic acids is 1. The van der Waals surface area contributed by atoms with E-state index >= 15 is 0 Å². The van der Waals surface area contributed by atoms with Gasteiger partial charge in [0.2, 0.25) is 0 Å². The number of nitrogens with zero attached hydrogens (tertiary/aromatic N) is 2. The molecule has 0 aliphatic carbocycles. The van der Waals surface area contributed by atoms with Gasteiger partial charge < -0.3 is 9.47 Å². The van der Waals surface area contributed by atoms with Crippen LogP contribution in [0.1, 0.15) is 27.3 Å². The fourth-order valence-electron chi connectivity index (χ4n) is 1.91. The second-order valence-corrected chi connectivity index (χ2v) is 4.38. The van der Waals surface area contributed by atoms with Crippen molar-refractivity contribution in [1.82, 2.24) is 10.2 Å². The Morgan fingerprint density at radius 2 is 1.70 bits per heavy atom. The van der Waals surface area contributed by atoms with Crippen LogP contribution in [-0.4, -0.2) is 30.2 Å². The summed E-state index contributed by atoms with van der Waals surface area (Å²) in [7, 11) is 3.09. The first kappa shape index (κ1) is 14.0. The Kier molecular flexibility index (Phi) is 3.98. The lowest BCUT2D eigenvalue weighted by atomic mass is 10.0. The first-order valence-electron chi connectivity index (χ1n) is 6.14. The molecule has 5 nitrogen and oxygen atoms in total.